The van der Waals surface area contributed by atoms with E-state index in [0.29, 0.717) is 18.2 Å². The molecule has 0 saturated carbocycles. The molecule has 0 aromatic heterocycles. The number of unbranched alkanes of at least 4 members (excludes halogenated alkanes) is 1. The van der Waals surface area contributed by atoms with Gasteiger partial charge in [0.1, 0.15) is 0 Å². The van der Waals surface area contributed by atoms with Crippen molar-refractivity contribution >= 4 is 0 Å². The van der Waals surface area contributed by atoms with E-state index >= 15 is 0 Å². The number of nitrogens with zero attached hydrogens (tertiary/aromatic N) is 1. The molecule has 96 valence electrons. The van der Waals surface area contributed by atoms with Crippen LogP contribution < -0.4 is 5.32 Å². The molecule has 0 aliphatic carbocycles. The maximum Gasteiger partial charge on any atom is 0.0678 e. The average molecular weight is 228 g/mol. The highest BCUT2D eigenvalue weighted by Gasteiger charge is 2.21. The van der Waals surface area contributed by atoms with Crippen molar-refractivity contribution in [1.29, 1.82) is 0 Å². The third-order valence-electron chi connectivity index (χ3n) is 3.35. The summed E-state index contributed by atoms with van der Waals surface area (Å²) in [6, 6.07) is 0.655. The maximum atomic E-state index is 5.73. The number of hydrogen-bond acceptors (Lipinski definition) is 3. The molecule has 0 radical (unpaired) electrons. The quantitative estimate of drug-likeness (QED) is 0.703. The van der Waals surface area contributed by atoms with E-state index in [-0.39, 0.29) is 0 Å². The Labute approximate surface area is 101 Å². The Morgan fingerprint density at radius 2 is 1.88 bits per heavy atom. The van der Waals surface area contributed by atoms with Crippen LogP contribution in [0.25, 0.3) is 0 Å². The number of rotatable bonds is 6. The van der Waals surface area contributed by atoms with Gasteiger partial charge in [0.15, 0.2) is 0 Å². The lowest BCUT2D eigenvalue weighted by Crippen LogP contribution is -2.45. The highest BCUT2D eigenvalue weighted by Crippen LogP contribution is 2.11. The molecule has 0 aromatic rings. The molecule has 1 heterocycles. The number of ether oxygens (including phenoxy) is 1. The molecule has 1 rings (SSSR count). The Morgan fingerprint density at radius 3 is 2.44 bits per heavy atom. The predicted octanol–water partition coefficient (Wildman–Crippen LogP) is 1.87. The van der Waals surface area contributed by atoms with E-state index < -0.39 is 0 Å². The topological polar surface area (TPSA) is 24.5 Å². The molecule has 1 saturated heterocycles. The van der Waals surface area contributed by atoms with E-state index in [1.807, 2.05) is 7.05 Å². The van der Waals surface area contributed by atoms with Gasteiger partial charge in [0.2, 0.25) is 0 Å². The molecule has 16 heavy (non-hydrogen) atoms. The summed E-state index contributed by atoms with van der Waals surface area (Å²) in [5.74, 6) is 0. The van der Waals surface area contributed by atoms with Crippen LogP contribution in [-0.4, -0.2) is 49.8 Å². The van der Waals surface area contributed by atoms with Gasteiger partial charge in [0.25, 0.3) is 0 Å². The largest absolute Gasteiger partial charge is 0.373 e. The Morgan fingerprint density at radius 1 is 1.25 bits per heavy atom. The van der Waals surface area contributed by atoms with Crippen LogP contribution in [0, 0.1) is 0 Å². The SMILES string of the molecule is CNC(C)CCCCN1CC(C)OC(C)C1. The van der Waals surface area contributed by atoms with Crippen molar-refractivity contribution in [3.05, 3.63) is 0 Å². The monoisotopic (exact) mass is 228 g/mol. The normalized spacial score (nSPS) is 29.2. The highest BCUT2D eigenvalue weighted by atomic mass is 16.5. The average Bonchev–Trinajstić information content (AvgIpc) is 2.22. The molecule has 1 N–H and O–H groups in total. The van der Waals surface area contributed by atoms with Crippen molar-refractivity contribution < 1.29 is 4.74 Å². The molecule has 3 atom stereocenters. The molecule has 3 unspecified atom stereocenters. The molecule has 0 amide bonds. The molecule has 0 aromatic carbocycles. The molecule has 1 fully saturated rings. The van der Waals surface area contributed by atoms with Gasteiger partial charge in [-0.3, -0.25) is 4.90 Å². The third kappa shape index (κ3) is 5.28. The van der Waals surface area contributed by atoms with Gasteiger partial charge in [-0.25, -0.2) is 0 Å². The molecule has 3 nitrogen and oxygen atoms in total. The summed E-state index contributed by atoms with van der Waals surface area (Å²) in [7, 11) is 2.04. The fraction of sp³-hybridized carbons (Fsp3) is 1.00. The van der Waals surface area contributed by atoms with Gasteiger partial charge >= 0.3 is 0 Å². The first-order chi connectivity index (χ1) is 7.61. The molecular formula is C13H28N2O. The highest BCUT2D eigenvalue weighted by molar-refractivity contribution is 4.73. The van der Waals surface area contributed by atoms with Crippen LogP contribution >= 0.6 is 0 Å². The molecular weight excluding hydrogens is 200 g/mol. The molecule has 1 aliphatic heterocycles. The van der Waals surface area contributed by atoms with Gasteiger partial charge in [-0.1, -0.05) is 6.42 Å². The summed E-state index contributed by atoms with van der Waals surface area (Å²) >= 11 is 0. The fourth-order valence-corrected chi connectivity index (χ4v) is 2.40. The van der Waals surface area contributed by atoms with E-state index in [0.717, 1.165) is 13.1 Å². The van der Waals surface area contributed by atoms with Gasteiger partial charge in [0.05, 0.1) is 12.2 Å². The molecule has 0 bridgehead atoms. The Hall–Kier alpha value is -0.120. The molecule has 3 heteroatoms. The van der Waals surface area contributed by atoms with Crippen LogP contribution in [0.5, 0.6) is 0 Å². The first kappa shape index (κ1) is 13.9. The van der Waals surface area contributed by atoms with E-state index in [9.17, 15) is 0 Å². The van der Waals surface area contributed by atoms with Crippen molar-refractivity contribution in [3.8, 4) is 0 Å². The maximum absolute atomic E-state index is 5.73. The summed E-state index contributed by atoms with van der Waals surface area (Å²) < 4.78 is 5.73. The standard InChI is InChI=1S/C13H28N2O/c1-11(14-4)7-5-6-8-15-9-12(2)16-13(3)10-15/h11-14H,5-10H2,1-4H3. The second kappa shape index (κ2) is 7.25. The van der Waals surface area contributed by atoms with Crippen LogP contribution in [0.3, 0.4) is 0 Å². The van der Waals surface area contributed by atoms with E-state index in [4.69, 9.17) is 4.74 Å². The van der Waals surface area contributed by atoms with Gasteiger partial charge in [-0.15, -0.1) is 0 Å². The fourth-order valence-electron chi connectivity index (χ4n) is 2.40. The second-order valence-electron chi connectivity index (χ2n) is 5.20. The van der Waals surface area contributed by atoms with Gasteiger partial charge in [-0.2, -0.15) is 0 Å². The Kier molecular flexibility index (Phi) is 6.32. The predicted molar refractivity (Wildman–Crippen MR) is 68.8 cm³/mol. The summed E-state index contributed by atoms with van der Waals surface area (Å²) in [6.07, 6.45) is 4.72. The van der Waals surface area contributed by atoms with E-state index in [1.165, 1.54) is 25.8 Å². The van der Waals surface area contributed by atoms with E-state index in [2.05, 4.69) is 31.0 Å². The van der Waals surface area contributed by atoms with Crippen LogP contribution in [0.2, 0.25) is 0 Å². The zero-order valence-corrected chi connectivity index (χ0v) is 11.3. The third-order valence-corrected chi connectivity index (χ3v) is 3.35. The lowest BCUT2D eigenvalue weighted by atomic mass is 10.1. The summed E-state index contributed by atoms with van der Waals surface area (Å²) in [5, 5.41) is 3.28. The van der Waals surface area contributed by atoms with Gasteiger partial charge in [-0.05, 0) is 47.2 Å². The van der Waals surface area contributed by atoms with Gasteiger partial charge < -0.3 is 10.1 Å². The van der Waals surface area contributed by atoms with Crippen molar-refractivity contribution in [2.75, 3.05) is 26.7 Å². The first-order valence-electron chi connectivity index (χ1n) is 6.67. The lowest BCUT2D eigenvalue weighted by molar-refractivity contribution is -0.0681. The summed E-state index contributed by atoms with van der Waals surface area (Å²) in [5.41, 5.74) is 0. The number of nitrogens with one attached hydrogen (secondary N) is 1. The number of morpholine rings is 1. The summed E-state index contributed by atoms with van der Waals surface area (Å²) in [6.45, 7) is 10.0. The van der Waals surface area contributed by atoms with Crippen LogP contribution in [0.1, 0.15) is 40.0 Å². The van der Waals surface area contributed by atoms with Gasteiger partial charge in [0, 0.05) is 19.1 Å². The lowest BCUT2D eigenvalue weighted by Gasteiger charge is -2.35. The minimum Gasteiger partial charge on any atom is -0.373 e. The van der Waals surface area contributed by atoms with Crippen LogP contribution in [0.4, 0.5) is 0 Å². The minimum absolute atomic E-state index is 0.403. The molecule has 1 aliphatic rings. The van der Waals surface area contributed by atoms with Crippen molar-refractivity contribution in [2.24, 2.45) is 0 Å². The first-order valence-corrected chi connectivity index (χ1v) is 6.67. The van der Waals surface area contributed by atoms with Crippen LogP contribution in [0.15, 0.2) is 0 Å². The zero-order chi connectivity index (χ0) is 12.0. The summed E-state index contributed by atoms with van der Waals surface area (Å²) in [4.78, 5) is 2.54. The minimum atomic E-state index is 0.403. The van der Waals surface area contributed by atoms with Crippen molar-refractivity contribution in [2.45, 2.75) is 58.3 Å². The molecule has 0 spiro atoms. The zero-order valence-electron chi connectivity index (χ0n) is 11.3. The van der Waals surface area contributed by atoms with Crippen molar-refractivity contribution in [1.82, 2.24) is 10.2 Å². The van der Waals surface area contributed by atoms with E-state index in [1.54, 1.807) is 0 Å². The van der Waals surface area contributed by atoms with Crippen LogP contribution in [-0.2, 0) is 4.74 Å². The number of hydrogen-bond donors (Lipinski definition) is 1. The second-order valence-corrected chi connectivity index (χ2v) is 5.20. The Balaban J connectivity index is 2.08. The Bertz CT molecular complexity index is 177. The smallest absolute Gasteiger partial charge is 0.0678 e. The van der Waals surface area contributed by atoms with Crippen molar-refractivity contribution in [3.63, 3.8) is 0 Å².